The van der Waals surface area contributed by atoms with Gasteiger partial charge in [-0.25, -0.2) is 9.78 Å². The van der Waals surface area contributed by atoms with Crippen molar-refractivity contribution < 1.29 is 9.90 Å². The van der Waals surface area contributed by atoms with Gasteiger partial charge in [-0.15, -0.1) is 0 Å². The third-order valence-electron chi connectivity index (χ3n) is 2.78. The second kappa shape index (κ2) is 3.66. The number of aromatic nitrogens is 2. The van der Waals surface area contributed by atoms with Gasteiger partial charge in [-0.05, 0) is 22.9 Å². The standard InChI is InChI=1S/C13H8N2O3/c16-12-9-5-7-3-1-2-4-8(7)6-10(9)14-11(15-12)13(17)18/h1-6H,(H,17,18)(H,14,15,16). The number of benzene rings is 2. The van der Waals surface area contributed by atoms with Gasteiger partial charge in [0.15, 0.2) is 0 Å². The maximum atomic E-state index is 11.8. The molecule has 1 heterocycles. The maximum absolute atomic E-state index is 11.8. The fourth-order valence-electron chi connectivity index (χ4n) is 1.93. The Balaban J connectivity index is 2.46. The molecular weight excluding hydrogens is 232 g/mol. The van der Waals surface area contributed by atoms with E-state index in [1.807, 2.05) is 24.3 Å². The van der Waals surface area contributed by atoms with Gasteiger partial charge >= 0.3 is 5.97 Å². The molecule has 0 saturated heterocycles. The molecule has 3 aromatic rings. The average molecular weight is 240 g/mol. The van der Waals surface area contributed by atoms with E-state index >= 15 is 0 Å². The Labute approximate surface area is 101 Å². The van der Waals surface area contributed by atoms with Crippen molar-refractivity contribution in [1.82, 2.24) is 9.97 Å². The molecule has 2 N–H and O–H groups in total. The topological polar surface area (TPSA) is 83.0 Å². The number of aromatic carboxylic acids is 1. The molecule has 5 nitrogen and oxygen atoms in total. The first-order valence-electron chi connectivity index (χ1n) is 5.31. The van der Waals surface area contributed by atoms with Crippen LogP contribution >= 0.6 is 0 Å². The van der Waals surface area contributed by atoms with Gasteiger partial charge in [0.25, 0.3) is 5.56 Å². The van der Waals surface area contributed by atoms with Crippen LogP contribution in [-0.4, -0.2) is 21.0 Å². The number of carbonyl (C=O) groups is 1. The summed E-state index contributed by atoms with van der Waals surface area (Å²) in [4.78, 5) is 28.8. The smallest absolute Gasteiger partial charge is 0.372 e. The first-order chi connectivity index (χ1) is 8.65. The second-order valence-electron chi connectivity index (χ2n) is 3.94. The minimum absolute atomic E-state index is 0.345. The summed E-state index contributed by atoms with van der Waals surface area (Å²) in [6.45, 7) is 0. The second-order valence-corrected chi connectivity index (χ2v) is 3.94. The van der Waals surface area contributed by atoms with Gasteiger partial charge in [0, 0.05) is 0 Å². The zero-order valence-corrected chi connectivity index (χ0v) is 9.18. The number of carboxylic acids is 1. The monoisotopic (exact) mass is 240 g/mol. The molecule has 0 spiro atoms. The van der Waals surface area contributed by atoms with Crippen molar-refractivity contribution in [1.29, 1.82) is 0 Å². The number of hydrogen-bond donors (Lipinski definition) is 2. The Morgan fingerprint density at radius 2 is 1.83 bits per heavy atom. The van der Waals surface area contributed by atoms with Crippen LogP contribution in [0.2, 0.25) is 0 Å². The van der Waals surface area contributed by atoms with Crippen molar-refractivity contribution in [3.63, 3.8) is 0 Å². The van der Waals surface area contributed by atoms with Crippen molar-refractivity contribution in [3.05, 3.63) is 52.6 Å². The largest absolute Gasteiger partial charge is 0.475 e. The number of H-pyrrole nitrogens is 1. The predicted octanol–water partition coefficient (Wildman–Crippen LogP) is 1.77. The highest BCUT2D eigenvalue weighted by Gasteiger charge is 2.10. The number of rotatable bonds is 1. The fourth-order valence-corrected chi connectivity index (χ4v) is 1.93. The highest BCUT2D eigenvalue weighted by Crippen LogP contribution is 2.18. The Hall–Kier alpha value is -2.69. The molecule has 0 atom stereocenters. The van der Waals surface area contributed by atoms with Gasteiger partial charge < -0.3 is 10.1 Å². The molecule has 0 unspecified atom stereocenters. The van der Waals surface area contributed by atoms with E-state index in [-0.39, 0.29) is 5.82 Å². The molecule has 0 bridgehead atoms. The summed E-state index contributed by atoms with van der Waals surface area (Å²) in [5.41, 5.74) is -0.0574. The Kier molecular flexibility index (Phi) is 2.13. The molecule has 18 heavy (non-hydrogen) atoms. The molecule has 0 radical (unpaired) electrons. The van der Waals surface area contributed by atoms with Gasteiger partial charge in [0.05, 0.1) is 10.9 Å². The molecule has 0 aliphatic heterocycles. The van der Waals surface area contributed by atoms with Crippen LogP contribution in [0.3, 0.4) is 0 Å². The number of carboxylic acid groups (broad SMARTS) is 1. The number of nitrogens with zero attached hydrogens (tertiary/aromatic N) is 1. The SMILES string of the molecule is O=C(O)c1nc2cc3ccccc3cc2c(=O)[nH]1. The van der Waals surface area contributed by atoms with Crippen LogP contribution < -0.4 is 5.56 Å². The zero-order chi connectivity index (χ0) is 12.7. The van der Waals surface area contributed by atoms with Crippen LogP contribution in [0, 0.1) is 0 Å². The zero-order valence-electron chi connectivity index (χ0n) is 9.18. The van der Waals surface area contributed by atoms with Crippen molar-refractivity contribution >= 4 is 27.6 Å². The van der Waals surface area contributed by atoms with E-state index in [2.05, 4.69) is 9.97 Å². The summed E-state index contributed by atoms with van der Waals surface area (Å²) in [5, 5.41) is 11.1. The maximum Gasteiger partial charge on any atom is 0.372 e. The van der Waals surface area contributed by atoms with E-state index in [1.165, 1.54) is 0 Å². The van der Waals surface area contributed by atoms with Crippen molar-refractivity contribution in [3.8, 4) is 0 Å². The van der Waals surface area contributed by atoms with Crippen molar-refractivity contribution in [2.45, 2.75) is 0 Å². The summed E-state index contributed by atoms with van der Waals surface area (Å²) < 4.78 is 0. The van der Waals surface area contributed by atoms with Gasteiger partial charge in [-0.1, -0.05) is 24.3 Å². The summed E-state index contributed by atoms with van der Waals surface area (Å²) in [6, 6.07) is 11.0. The van der Waals surface area contributed by atoms with Crippen LogP contribution in [0.4, 0.5) is 0 Å². The molecule has 0 aliphatic rings. The molecule has 0 fully saturated rings. The van der Waals surface area contributed by atoms with Crippen molar-refractivity contribution in [2.24, 2.45) is 0 Å². The fraction of sp³-hybridized carbons (Fsp3) is 0. The van der Waals surface area contributed by atoms with Crippen molar-refractivity contribution in [2.75, 3.05) is 0 Å². The van der Waals surface area contributed by atoms with Crippen LogP contribution in [0.5, 0.6) is 0 Å². The molecule has 3 rings (SSSR count). The number of fused-ring (bicyclic) bond motifs is 2. The summed E-state index contributed by atoms with van der Waals surface area (Å²) in [6.07, 6.45) is 0. The molecular formula is C13H8N2O3. The lowest BCUT2D eigenvalue weighted by atomic mass is 10.1. The van der Waals surface area contributed by atoms with E-state index in [4.69, 9.17) is 5.11 Å². The van der Waals surface area contributed by atoms with Gasteiger partial charge in [-0.2, -0.15) is 0 Å². The lowest BCUT2D eigenvalue weighted by molar-refractivity contribution is 0.0683. The molecule has 0 amide bonds. The highest BCUT2D eigenvalue weighted by molar-refractivity contribution is 5.97. The number of aromatic amines is 1. The van der Waals surface area contributed by atoms with E-state index < -0.39 is 11.5 Å². The lowest BCUT2D eigenvalue weighted by Gasteiger charge is -2.02. The van der Waals surface area contributed by atoms with Crippen LogP contribution in [0.15, 0.2) is 41.2 Å². The molecule has 0 saturated carbocycles. The summed E-state index contributed by atoms with van der Waals surface area (Å²) in [7, 11) is 0. The first kappa shape index (κ1) is 10.5. The Bertz CT molecular complexity index is 836. The molecule has 1 aromatic heterocycles. The number of hydrogen-bond acceptors (Lipinski definition) is 3. The van der Waals surface area contributed by atoms with Crippen LogP contribution in [-0.2, 0) is 0 Å². The van der Waals surface area contributed by atoms with E-state index in [1.54, 1.807) is 12.1 Å². The first-order valence-corrected chi connectivity index (χ1v) is 5.31. The number of nitrogens with one attached hydrogen (secondary N) is 1. The molecule has 2 aromatic carbocycles. The minimum Gasteiger partial charge on any atom is -0.475 e. The Morgan fingerprint density at radius 1 is 1.17 bits per heavy atom. The third kappa shape index (κ3) is 1.53. The van der Waals surface area contributed by atoms with Gasteiger partial charge in [-0.3, -0.25) is 4.79 Å². The molecule has 88 valence electrons. The highest BCUT2D eigenvalue weighted by atomic mass is 16.4. The van der Waals surface area contributed by atoms with E-state index in [0.717, 1.165) is 10.8 Å². The minimum atomic E-state index is -1.25. The van der Waals surface area contributed by atoms with Gasteiger partial charge in [0.1, 0.15) is 0 Å². The van der Waals surface area contributed by atoms with Crippen LogP contribution in [0.25, 0.3) is 21.7 Å². The average Bonchev–Trinajstić information content (AvgIpc) is 2.36. The van der Waals surface area contributed by atoms with E-state index in [0.29, 0.717) is 10.9 Å². The normalized spacial score (nSPS) is 10.9. The molecule has 5 heteroatoms. The van der Waals surface area contributed by atoms with Gasteiger partial charge in [0.2, 0.25) is 5.82 Å². The van der Waals surface area contributed by atoms with Crippen LogP contribution in [0.1, 0.15) is 10.6 Å². The van der Waals surface area contributed by atoms with E-state index in [9.17, 15) is 9.59 Å². The predicted molar refractivity (Wildman–Crippen MR) is 66.8 cm³/mol. The third-order valence-corrected chi connectivity index (χ3v) is 2.78. The lowest BCUT2D eigenvalue weighted by Crippen LogP contribution is -2.15. The summed E-state index contributed by atoms with van der Waals surface area (Å²) >= 11 is 0. The Morgan fingerprint density at radius 3 is 2.50 bits per heavy atom. The summed E-state index contributed by atoms with van der Waals surface area (Å²) in [5.74, 6) is -1.59. The quantitative estimate of drug-likeness (QED) is 0.635. The molecule has 0 aliphatic carbocycles.